The van der Waals surface area contributed by atoms with Crippen molar-refractivity contribution in [3.05, 3.63) is 11.1 Å². The largest absolute Gasteiger partial charge is 0.481 e. The van der Waals surface area contributed by atoms with Crippen molar-refractivity contribution >= 4 is 17.7 Å². The number of carbonyl (C=O) groups excluding carboxylic acids is 1. The van der Waals surface area contributed by atoms with Crippen LogP contribution in [0.25, 0.3) is 0 Å². The molecule has 0 aliphatic rings. The van der Waals surface area contributed by atoms with Crippen LogP contribution in [0.15, 0.2) is 11.1 Å². The van der Waals surface area contributed by atoms with Crippen LogP contribution >= 0.6 is 0 Å². The molecule has 0 aliphatic carbocycles. The lowest BCUT2D eigenvalue weighted by atomic mass is 9.99. The average Bonchev–Trinajstić information content (AvgIpc) is 2.09. The Morgan fingerprint density at radius 3 is 1.80 bits per heavy atom. The first-order valence-corrected chi connectivity index (χ1v) is 4.47. The number of ketones is 1. The van der Waals surface area contributed by atoms with Gasteiger partial charge in [0.25, 0.3) is 0 Å². The molecule has 0 spiro atoms. The maximum absolute atomic E-state index is 11.1. The summed E-state index contributed by atoms with van der Waals surface area (Å²) in [6.45, 7) is 2.87. The van der Waals surface area contributed by atoms with E-state index < -0.39 is 11.9 Å². The fraction of sp³-hybridized carbons (Fsp3) is 0.500. The van der Waals surface area contributed by atoms with Gasteiger partial charge in [-0.3, -0.25) is 14.4 Å². The molecule has 0 saturated heterocycles. The van der Waals surface area contributed by atoms with Crippen molar-refractivity contribution in [1.82, 2.24) is 0 Å². The van der Waals surface area contributed by atoms with Crippen LogP contribution in [0, 0.1) is 0 Å². The quantitative estimate of drug-likeness (QED) is 0.649. The fourth-order valence-electron chi connectivity index (χ4n) is 1.17. The molecule has 0 atom stereocenters. The van der Waals surface area contributed by atoms with Crippen LogP contribution < -0.4 is 0 Å². The van der Waals surface area contributed by atoms with Gasteiger partial charge in [-0.15, -0.1) is 0 Å². The minimum Gasteiger partial charge on any atom is -0.481 e. The Morgan fingerprint density at radius 2 is 1.47 bits per heavy atom. The van der Waals surface area contributed by atoms with Crippen molar-refractivity contribution in [3.8, 4) is 0 Å². The highest BCUT2D eigenvalue weighted by atomic mass is 16.4. The zero-order chi connectivity index (χ0) is 12.0. The summed E-state index contributed by atoms with van der Waals surface area (Å²) < 4.78 is 0. The minimum atomic E-state index is -1.09. The van der Waals surface area contributed by atoms with Crippen LogP contribution in [0.4, 0.5) is 0 Å². The lowest BCUT2D eigenvalue weighted by Crippen LogP contribution is -2.07. The summed E-state index contributed by atoms with van der Waals surface area (Å²) in [5, 5.41) is 17.0. The molecule has 0 aliphatic heterocycles. The van der Waals surface area contributed by atoms with Crippen molar-refractivity contribution in [3.63, 3.8) is 0 Å². The zero-order valence-electron chi connectivity index (χ0n) is 8.74. The molecule has 0 amide bonds. The molecule has 0 fully saturated rings. The number of carboxylic acid groups (broad SMARTS) is 2. The summed E-state index contributed by atoms with van der Waals surface area (Å²) >= 11 is 0. The highest BCUT2D eigenvalue weighted by Crippen LogP contribution is 2.15. The lowest BCUT2D eigenvalue weighted by Gasteiger charge is -2.06. The SMILES string of the molecule is CC(=O)/C(CC(=O)O)=C(/C)CCC(=O)O. The first kappa shape index (κ1) is 13.4. The number of hydrogen-bond donors (Lipinski definition) is 2. The van der Waals surface area contributed by atoms with Crippen molar-refractivity contribution in [2.75, 3.05) is 0 Å². The molecule has 15 heavy (non-hydrogen) atoms. The molecule has 0 bridgehead atoms. The summed E-state index contributed by atoms with van der Waals surface area (Å²) in [6, 6.07) is 0. The number of Topliss-reactive ketones (excluding diaryl/α,β-unsaturated/α-hetero) is 1. The molecule has 0 aromatic rings. The predicted octanol–water partition coefficient (Wildman–Crippen LogP) is 1.23. The number of carboxylic acids is 2. The highest BCUT2D eigenvalue weighted by Gasteiger charge is 2.13. The maximum atomic E-state index is 11.1. The normalized spacial score (nSPS) is 11.9. The second-order valence-corrected chi connectivity index (χ2v) is 3.28. The van der Waals surface area contributed by atoms with Gasteiger partial charge in [0.05, 0.1) is 6.42 Å². The first-order valence-electron chi connectivity index (χ1n) is 4.47. The molecule has 2 N–H and O–H groups in total. The smallest absolute Gasteiger partial charge is 0.307 e. The topological polar surface area (TPSA) is 91.7 Å². The van der Waals surface area contributed by atoms with Crippen LogP contribution in [0.2, 0.25) is 0 Å². The van der Waals surface area contributed by atoms with Crippen molar-refractivity contribution in [2.45, 2.75) is 33.1 Å². The van der Waals surface area contributed by atoms with Crippen molar-refractivity contribution < 1.29 is 24.6 Å². The Kier molecular flexibility index (Phi) is 5.30. The number of hydrogen-bond acceptors (Lipinski definition) is 3. The number of carbonyl (C=O) groups is 3. The molecule has 0 aromatic carbocycles. The molecular formula is C10H14O5. The zero-order valence-corrected chi connectivity index (χ0v) is 8.74. The molecule has 0 unspecified atom stereocenters. The molecule has 0 saturated carbocycles. The van der Waals surface area contributed by atoms with Crippen molar-refractivity contribution in [1.29, 1.82) is 0 Å². The van der Waals surface area contributed by atoms with Crippen LogP contribution in [-0.4, -0.2) is 27.9 Å². The van der Waals surface area contributed by atoms with E-state index in [-0.39, 0.29) is 30.6 Å². The third-order valence-electron chi connectivity index (χ3n) is 1.98. The molecule has 84 valence electrons. The van der Waals surface area contributed by atoms with Gasteiger partial charge in [-0.2, -0.15) is 0 Å². The van der Waals surface area contributed by atoms with E-state index in [0.717, 1.165) is 0 Å². The monoisotopic (exact) mass is 214 g/mol. The van der Waals surface area contributed by atoms with Gasteiger partial charge in [0.1, 0.15) is 0 Å². The van der Waals surface area contributed by atoms with Crippen LogP contribution in [-0.2, 0) is 14.4 Å². The Balaban J connectivity index is 4.68. The van der Waals surface area contributed by atoms with E-state index in [9.17, 15) is 14.4 Å². The number of allylic oxidation sites excluding steroid dienone is 1. The Bertz CT molecular complexity index is 314. The van der Waals surface area contributed by atoms with E-state index >= 15 is 0 Å². The second-order valence-electron chi connectivity index (χ2n) is 3.28. The molecular weight excluding hydrogens is 200 g/mol. The summed E-state index contributed by atoms with van der Waals surface area (Å²) in [5.41, 5.74) is 0.732. The number of rotatable bonds is 6. The summed E-state index contributed by atoms with van der Waals surface area (Å²) in [5.74, 6) is -2.37. The van der Waals surface area contributed by atoms with Gasteiger partial charge in [-0.25, -0.2) is 0 Å². The Labute approximate surface area is 87.4 Å². The molecule has 5 nitrogen and oxygen atoms in total. The fourth-order valence-corrected chi connectivity index (χ4v) is 1.17. The summed E-state index contributed by atoms with van der Waals surface area (Å²) in [6.07, 6.45) is -0.236. The number of aliphatic carboxylic acids is 2. The maximum Gasteiger partial charge on any atom is 0.307 e. The van der Waals surface area contributed by atoms with E-state index in [1.807, 2.05) is 0 Å². The van der Waals surface area contributed by atoms with Gasteiger partial charge in [0.2, 0.25) is 0 Å². The molecule has 0 aromatic heterocycles. The van der Waals surface area contributed by atoms with Gasteiger partial charge in [-0.05, 0) is 20.3 Å². The van der Waals surface area contributed by atoms with Crippen LogP contribution in [0.3, 0.4) is 0 Å². The third-order valence-corrected chi connectivity index (χ3v) is 1.98. The van der Waals surface area contributed by atoms with Crippen molar-refractivity contribution in [2.24, 2.45) is 0 Å². The molecule has 5 heteroatoms. The van der Waals surface area contributed by atoms with Crippen LogP contribution in [0.1, 0.15) is 33.1 Å². The highest BCUT2D eigenvalue weighted by molar-refractivity contribution is 5.97. The Morgan fingerprint density at radius 1 is 0.933 bits per heavy atom. The van der Waals surface area contributed by atoms with Gasteiger partial charge >= 0.3 is 11.9 Å². The second kappa shape index (κ2) is 5.95. The van der Waals surface area contributed by atoms with E-state index in [1.165, 1.54) is 6.92 Å². The lowest BCUT2D eigenvalue weighted by molar-refractivity contribution is -0.137. The molecule has 0 radical (unpaired) electrons. The predicted molar refractivity (Wildman–Crippen MR) is 52.5 cm³/mol. The average molecular weight is 214 g/mol. The van der Waals surface area contributed by atoms with Gasteiger partial charge in [0.15, 0.2) is 5.78 Å². The Hall–Kier alpha value is -1.65. The van der Waals surface area contributed by atoms with E-state index in [0.29, 0.717) is 5.57 Å². The third kappa shape index (κ3) is 5.61. The van der Waals surface area contributed by atoms with Crippen LogP contribution in [0.5, 0.6) is 0 Å². The van der Waals surface area contributed by atoms with E-state index in [1.54, 1.807) is 6.92 Å². The minimum absolute atomic E-state index is 0.0950. The van der Waals surface area contributed by atoms with Gasteiger partial charge in [0, 0.05) is 12.0 Å². The van der Waals surface area contributed by atoms with Gasteiger partial charge in [-0.1, -0.05) is 5.57 Å². The standard InChI is InChI=1S/C10H14O5/c1-6(3-4-9(12)13)8(7(2)11)5-10(14)15/h3-5H2,1-2H3,(H,12,13)(H,14,15)/b8-6-. The summed E-state index contributed by atoms with van der Waals surface area (Å²) in [4.78, 5) is 31.8. The van der Waals surface area contributed by atoms with Gasteiger partial charge < -0.3 is 10.2 Å². The van der Waals surface area contributed by atoms with E-state index in [4.69, 9.17) is 10.2 Å². The summed E-state index contributed by atoms with van der Waals surface area (Å²) in [7, 11) is 0. The molecule has 0 heterocycles. The van der Waals surface area contributed by atoms with E-state index in [2.05, 4.69) is 0 Å². The molecule has 0 rings (SSSR count). The first-order chi connectivity index (χ1) is 6.84.